The highest BCUT2D eigenvalue weighted by Gasteiger charge is 2.34. The Hall–Kier alpha value is -0.930. The van der Waals surface area contributed by atoms with Crippen LogP contribution < -0.4 is 5.32 Å². The van der Waals surface area contributed by atoms with Gasteiger partial charge in [-0.2, -0.15) is 0 Å². The van der Waals surface area contributed by atoms with E-state index in [1.165, 1.54) is 12.0 Å². The monoisotopic (exact) mass is 289 g/mol. The molecule has 1 saturated heterocycles. The van der Waals surface area contributed by atoms with Crippen LogP contribution in [0, 0.1) is 11.3 Å². The van der Waals surface area contributed by atoms with Crippen molar-refractivity contribution in [2.45, 2.75) is 59.7 Å². The normalized spacial score (nSPS) is 24.5. The summed E-state index contributed by atoms with van der Waals surface area (Å²) in [6, 6.07) is 5.47. The van der Waals surface area contributed by atoms with Crippen LogP contribution >= 0.6 is 0 Å². The van der Waals surface area contributed by atoms with Crippen molar-refractivity contribution in [2.24, 2.45) is 11.3 Å². The standard InChI is InChI=1S/C18H31N3/c1-14(2)10-16-11-20-17(18(3,4)5)13-21(16)12-15-6-8-19-9-7-15/h6-9,14,16-17,20H,10-13H2,1-5H3. The van der Waals surface area contributed by atoms with Crippen LogP contribution in [0.25, 0.3) is 0 Å². The highest BCUT2D eigenvalue weighted by Crippen LogP contribution is 2.26. The molecule has 2 rings (SSSR count). The molecule has 1 aliphatic heterocycles. The molecule has 2 heterocycles. The molecule has 0 aliphatic carbocycles. The summed E-state index contributed by atoms with van der Waals surface area (Å²) in [6.07, 6.45) is 5.06. The van der Waals surface area contributed by atoms with Crippen LogP contribution in [0.2, 0.25) is 0 Å². The minimum Gasteiger partial charge on any atom is -0.311 e. The zero-order valence-corrected chi connectivity index (χ0v) is 14.3. The summed E-state index contributed by atoms with van der Waals surface area (Å²) >= 11 is 0. The molecule has 3 heteroatoms. The Kier molecular flexibility index (Phi) is 5.39. The SMILES string of the molecule is CC(C)CC1CNC(C(C)(C)C)CN1Cc1ccncc1. The van der Waals surface area contributed by atoms with Crippen molar-refractivity contribution in [3.63, 3.8) is 0 Å². The number of hydrogen-bond acceptors (Lipinski definition) is 3. The number of piperazine rings is 1. The molecular weight excluding hydrogens is 258 g/mol. The first-order valence-corrected chi connectivity index (χ1v) is 8.22. The zero-order valence-electron chi connectivity index (χ0n) is 14.3. The van der Waals surface area contributed by atoms with E-state index in [0.717, 1.165) is 25.6 Å². The molecule has 2 atom stereocenters. The lowest BCUT2D eigenvalue weighted by molar-refractivity contribution is 0.0691. The fourth-order valence-corrected chi connectivity index (χ4v) is 3.13. The predicted molar refractivity (Wildman–Crippen MR) is 89.1 cm³/mol. The van der Waals surface area contributed by atoms with Crippen LogP contribution in [0.5, 0.6) is 0 Å². The summed E-state index contributed by atoms with van der Waals surface area (Å²) in [5, 5.41) is 3.78. The third kappa shape index (κ3) is 4.79. The lowest BCUT2D eigenvalue weighted by Gasteiger charge is -2.45. The second-order valence-electron chi connectivity index (χ2n) is 7.90. The number of pyridine rings is 1. The number of aromatic nitrogens is 1. The molecule has 0 saturated carbocycles. The van der Waals surface area contributed by atoms with Crippen LogP contribution in [-0.2, 0) is 6.54 Å². The van der Waals surface area contributed by atoms with Gasteiger partial charge in [-0.25, -0.2) is 0 Å². The van der Waals surface area contributed by atoms with E-state index in [4.69, 9.17) is 0 Å². The van der Waals surface area contributed by atoms with Crippen molar-refractivity contribution in [1.82, 2.24) is 15.2 Å². The quantitative estimate of drug-likeness (QED) is 0.921. The van der Waals surface area contributed by atoms with Crippen LogP contribution in [0.1, 0.15) is 46.6 Å². The van der Waals surface area contributed by atoms with Gasteiger partial charge in [-0.3, -0.25) is 9.88 Å². The molecule has 0 spiro atoms. The summed E-state index contributed by atoms with van der Waals surface area (Å²) in [7, 11) is 0. The van der Waals surface area contributed by atoms with Crippen LogP contribution in [-0.4, -0.2) is 35.1 Å². The van der Waals surface area contributed by atoms with E-state index in [2.05, 4.69) is 62.0 Å². The molecular formula is C18H31N3. The molecule has 0 radical (unpaired) electrons. The second kappa shape index (κ2) is 6.89. The van der Waals surface area contributed by atoms with E-state index >= 15 is 0 Å². The van der Waals surface area contributed by atoms with Gasteiger partial charge in [-0.05, 0) is 35.4 Å². The average molecular weight is 289 g/mol. The first-order valence-electron chi connectivity index (χ1n) is 8.22. The van der Waals surface area contributed by atoms with Gasteiger partial charge >= 0.3 is 0 Å². The van der Waals surface area contributed by atoms with Crippen LogP contribution in [0.15, 0.2) is 24.5 Å². The number of hydrogen-bond donors (Lipinski definition) is 1. The highest BCUT2D eigenvalue weighted by atomic mass is 15.2. The summed E-state index contributed by atoms with van der Waals surface area (Å²) in [5.41, 5.74) is 1.67. The fraction of sp³-hybridized carbons (Fsp3) is 0.722. The maximum absolute atomic E-state index is 4.13. The minimum absolute atomic E-state index is 0.305. The third-order valence-corrected chi connectivity index (χ3v) is 4.46. The van der Waals surface area contributed by atoms with Gasteiger partial charge in [0.05, 0.1) is 0 Å². The Morgan fingerprint density at radius 3 is 2.52 bits per heavy atom. The van der Waals surface area contributed by atoms with E-state index in [-0.39, 0.29) is 0 Å². The molecule has 1 N–H and O–H groups in total. The van der Waals surface area contributed by atoms with E-state index in [0.29, 0.717) is 17.5 Å². The molecule has 1 aromatic rings. The Balaban J connectivity index is 2.09. The molecule has 3 nitrogen and oxygen atoms in total. The van der Waals surface area contributed by atoms with Gasteiger partial charge in [0, 0.05) is 44.1 Å². The largest absolute Gasteiger partial charge is 0.311 e. The van der Waals surface area contributed by atoms with Gasteiger partial charge in [0.2, 0.25) is 0 Å². The smallest absolute Gasteiger partial charge is 0.0271 e. The van der Waals surface area contributed by atoms with Gasteiger partial charge in [-0.1, -0.05) is 34.6 Å². The number of rotatable bonds is 4. The molecule has 21 heavy (non-hydrogen) atoms. The maximum Gasteiger partial charge on any atom is 0.0271 e. The van der Waals surface area contributed by atoms with Crippen molar-refractivity contribution in [3.05, 3.63) is 30.1 Å². The van der Waals surface area contributed by atoms with E-state index in [1.807, 2.05) is 12.4 Å². The lowest BCUT2D eigenvalue weighted by atomic mass is 9.84. The van der Waals surface area contributed by atoms with E-state index in [9.17, 15) is 0 Å². The Bertz CT molecular complexity index is 422. The average Bonchev–Trinajstić information content (AvgIpc) is 2.40. The summed E-state index contributed by atoms with van der Waals surface area (Å²) < 4.78 is 0. The third-order valence-electron chi connectivity index (χ3n) is 4.46. The minimum atomic E-state index is 0.305. The predicted octanol–water partition coefficient (Wildman–Crippen LogP) is 3.32. The van der Waals surface area contributed by atoms with Gasteiger partial charge in [0.15, 0.2) is 0 Å². The molecule has 118 valence electrons. The first kappa shape index (κ1) is 16.4. The summed E-state index contributed by atoms with van der Waals surface area (Å²) in [6.45, 7) is 14.9. The van der Waals surface area contributed by atoms with E-state index < -0.39 is 0 Å². The van der Waals surface area contributed by atoms with E-state index in [1.54, 1.807) is 0 Å². The zero-order chi connectivity index (χ0) is 15.5. The lowest BCUT2D eigenvalue weighted by Crippen LogP contribution is -2.60. The van der Waals surface area contributed by atoms with Crippen LogP contribution in [0.4, 0.5) is 0 Å². The molecule has 1 aliphatic rings. The van der Waals surface area contributed by atoms with Gasteiger partial charge in [0.1, 0.15) is 0 Å². The number of nitrogens with one attached hydrogen (secondary N) is 1. The van der Waals surface area contributed by atoms with Crippen molar-refractivity contribution in [3.8, 4) is 0 Å². The summed E-state index contributed by atoms with van der Waals surface area (Å²) in [4.78, 5) is 6.80. The molecule has 1 fully saturated rings. The Labute approximate surface area is 130 Å². The van der Waals surface area contributed by atoms with Gasteiger partial charge < -0.3 is 5.32 Å². The Morgan fingerprint density at radius 2 is 1.95 bits per heavy atom. The van der Waals surface area contributed by atoms with Crippen LogP contribution in [0.3, 0.4) is 0 Å². The van der Waals surface area contributed by atoms with Crippen molar-refractivity contribution < 1.29 is 0 Å². The molecule has 1 aromatic heterocycles. The summed E-state index contributed by atoms with van der Waals surface area (Å²) in [5.74, 6) is 0.739. The molecule has 0 aromatic carbocycles. The number of nitrogens with zero attached hydrogens (tertiary/aromatic N) is 2. The van der Waals surface area contributed by atoms with Gasteiger partial charge in [0.25, 0.3) is 0 Å². The van der Waals surface area contributed by atoms with Crippen molar-refractivity contribution >= 4 is 0 Å². The molecule has 2 unspecified atom stereocenters. The van der Waals surface area contributed by atoms with Gasteiger partial charge in [-0.15, -0.1) is 0 Å². The fourth-order valence-electron chi connectivity index (χ4n) is 3.13. The van der Waals surface area contributed by atoms with Crippen molar-refractivity contribution in [1.29, 1.82) is 0 Å². The molecule has 0 amide bonds. The molecule has 0 bridgehead atoms. The van der Waals surface area contributed by atoms with Crippen molar-refractivity contribution in [2.75, 3.05) is 13.1 Å². The highest BCUT2D eigenvalue weighted by molar-refractivity contribution is 5.10. The second-order valence-corrected chi connectivity index (χ2v) is 7.90. The first-order chi connectivity index (χ1) is 9.86. The maximum atomic E-state index is 4.13. The Morgan fingerprint density at radius 1 is 1.29 bits per heavy atom. The topological polar surface area (TPSA) is 28.2 Å².